The SMILES string of the molecule is CCc1cc(C(=O)NC(C)c2ccccc2NS(=O)(=O)c2cccs2)n[nH]1. The van der Waals surface area contributed by atoms with E-state index in [1.165, 1.54) is 0 Å². The largest absolute Gasteiger partial charge is 0.344 e. The number of aromatic amines is 1. The number of carbonyl (C=O) groups excluding carboxylic acids is 1. The second-order valence-electron chi connectivity index (χ2n) is 5.95. The summed E-state index contributed by atoms with van der Waals surface area (Å²) in [6.45, 7) is 3.76. The minimum Gasteiger partial charge on any atom is -0.344 e. The van der Waals surface area contributed by atoms with Gasteiger partial charge in [-0.3, -0.25) is 14.6 Å². The predicted octanol–water partition coefficient (Wildman–Crippen LogP) is 3.33. The lowest BCUT2D eigenvalue weighted by Crippen LogP contribution is -2.28. The molecule has 0 saturated carbocycles. The number of carbonyl (C=O) groups is 1. The second kappa shape index (κ2) is 7.93. The number of rotatable bonds is 7. The molecular formula is C18H20N4O3S2. The van der Waals surface area contributed by atoms with Gasteiger partial charge in [0, 0.05) is 5.69 Å². The molecule has 0 aliphatic rings. The number of sulfonamides is 1. The number of anilines is 1. The first kappa shape index (κ1) is 19.1. The zero-order chi connectivity index (χ0) is 19.4. The molecule has 2 heterocycles. The lowest BCUT2D eigenvalue weighted by atomic mass is 10.1. The number of nitrogens with zero attached hydrogens (tertiary/aromatic N) is 1. The van der Waals surface area contributed by atoms with Crippen molar-refractivity contribution in [3.05, 3.63) is 64.8 Å². The quantitative estimate of drug-likeness (QED) is 0.562. The number of H-pyrrole nitrogens is 1. The molecule has 3 N–H and O–H groups in total. The fourth-order valence-corrected chi connectivity index (χ4v) is 4.67. The van der Waals surface area contributed by atoms with Crippen LogP contribution >= 0.6 is 11.3 Å². The number of aryl methyl sites for hydroxylation is 1. The zero-order valence-electron chi connectivity index (χ0n) is 14.9. The van der Waals surface area contributed by atoms with Crippen LogP contribution in [0.4, 0.5) is 5.69 Å². The summed E-state index contributed by atoms with van der Waals surface area (Å²) in [5.74, 6) is -0.325. The number of hydrogen-bond acceptors (Lipinski definition) is 5. The lowest BCUT2D eigenvalue weighted by molar-refractivity contribution is 0.0935. The molecule has 0 saturated heterocycles. The van der Waals surface area contributed by atoms with Crippen molar-refractivity contribution in [2.45, 2.75) is 30.5 Å². The fourth-order valence-electron chi connectivity index (χ4n) is 2.59. The number of benzene rings is 1. The molecular weight excluding hydrogens is 384 g/mol. The van der Waals surface area contributed by atoms with Crippen molar-refractivity contribution in [1.29, 1.82) is 0 Å². The Labute approximate surface area is 161 Å². The Morgan fingerprint density at radius 1 is 1.26 bits per heavy atom. The van der Waals surface area contributed by atoms with Crippen LogP contribution in [0.3, 0.4) is 0 Å². The van der Waals surface area contributed by atoms with Crippen molar-refractivity contribution in [3.8, 4) is 0 Å². The normalized spacial score (nSPS) is 12.5. The molecule has 3 rings (SSSR count). The summed E-state index contributed by atoms with van der Waals surface area (Å²) in [5, 5.41) is 11.4. The highest BCUT2D eigenvalue weighted by atomic mass is 32.2. The Morgan fingerprint density at radius 3 is 2.70 bits per heavy atom. The molecule has 1 unspecified atom stereocenters. The van der Waals surface area contributed by atoms with Crippen LogP contribution in [0, 0.1) is 0 Å². The van der Waals surface area contributed by atoms with E-state index in [4.69, 9.17) is 0 Å². The van der Waals surface area contributed by atoms with Crippen LogP contribution in [0.15, 0.2) is 52.1 Å². The number of thiophene rings is 1. The molecule has 0 fully saturated rings. The number of hydrogen-bond donors (Lipinski definition) is 3. The van der Waals surface area contributed by atoms with Crippen LogP contribution in [-0.4, -0.2) is 24.5 Å². The highest BCUT2D eigenvalue weighted by Crippen LogP contribution is 2.26. The smallest absolute Gasteiger partial charge is 0.272 e. The Balaban J connectivity index is 1.79. The molecule has 0 spiro atoms. The number of aromatic nitrogens is 2. The summed E-state index contributed by atoms with van der Waals surface area (Å²) < 4.78 is 27.9. The summed E-state index contributed by atoms with van der Waals surface area (Å²) >= 11 is 1.14. The van der Waals surface area contributed by atoms with Gasteiger partial charge in [0.05, 0.1) is 11.7 Å². The van der Waals surface area contributed by atoms with E-state index in [9.17, 15) is 13.2 Å². The molecule has 0 bridgehead atoms. The second-order valence-corrected chi connectivity index (χ2v) is 8.81. The zero-order valence-corrected chi connectivity index (χ0v) is 16.5. The van der Waals surface area contributed by atoms with Gasteiger partial charge in [-0.15, -0.1) is 11.3 Å². The molecule has 3 aromatic rings. The number of para-hydroxylation sites is 1. The molecule has 1 aromatic carbocycles. The molecule has 0 radical (unpaired) electrons. The van der Waals surface area contributed by atoms with E-state index >= 15 is 0 Å². The van der Waals surface area contributed by atoms with Gasteiger partial charge in [0.2, 0.25) is 0 Å². The summed E-state index contributed by atoms with van der Waals surface area (Å²) in [6.07, 6.45) is 0.753. The standard InChI is InChI=1S/C18H20N4O3S2/c1-3-13-11-16(21-20-13)18(23)19-12(2)14-7-4-5-8-15(14)22-27(24,25)17-9-6-10-26-17/h4-12,22H,3H2,1-2H3,(H,19,23)(H,20,21). The van der Waals surface area contributed by atoms with Gasteiger partial charge in [0.25, 0.3) is 15.9 Å². The van der Waals surface area contributed by atoms with E-state index < -0.39 is 16.1 Å². The maximum absolute atomic E-state index is 12.5. The Hall–Kier alpha value is -2.65. The van der Waals surface area contributed by atoms with Gasteiger partial charge >= 0.3 is 0 Å². The topological polar surface area (TPSA) is 104 Å². The van der Waals surface area contributed by atoms with Crippen LogP contribution in [0.2, 0.25) is 0 Å². The van der Waals surface area contributed by atoms with E-state index in [-0.39, 0.29) is 10.1 Å². The van der Waals surface area contributed by atoms with E-state index in [2.05, 4.69) is 20.2 Å². The monoisotopic (exact) mass is 404 g/mol. The van der Waals surface area contributed by atoms with Crippen LogP contribution in [0.1, 0.15) is 41.6 Å². The molecule has 0 aliphatic heterocycles. The third-order valence-electron chi connectivity index (χ3n) is 4.02. The predicted molar refractivity (Wildman–Crippen MR) is 105 cm³/mol. The molecule has 7 nitrogen and oxygen atoms in total. The first-order valence-corrected chi connectivity index (χ1v) is 10.8. The maximum atomic E-state index is 12.5. The molecule has 1 atom stereocenters. The minimum absolute atomic E-state index is 0.234. The van der Waals surface area contributed by atoms with Gasteiger partial charge in [0.1, 0.15) is 9.90 Å². The van der Waals surface area contributed by atoms with Crippen molar-refractivity contribution < 1.29 is 13.2 Å². The average Bonchev–Trinajstić information content (AvgIpc) is 3.33. The van der Waals surface area contributed by atoms with Crippen LogP contribution < -0.4 is 10.0 Å². The van der Waals surface area contributed by atoms with Crippen molar-refractivity contribution in [3.63, 3.8) is 0 Å². The Kier molecular flexibility index (Phi) is 5.62. The lowest BCUT2D eigenvalue weighted by Gasteiger charge is -2.18. The van der Waals surface area contributed by atoms with Gasteiger partial charge in [0.15, 0.2) is 0 Å². The molecule has 9 heteroatoms. The van der Waals surface area contributed by atoms with Crippen molar-refractivity contribution in [2.75, 3.05) is 4.72 Å². The van der Waals surface area contributed by atoms with Crippen LogP contribution in [0.25, 0.3) is 0 Å². The number of amides is 1. The number of nitrogens with one attached hydrogen (secondary N) is 3. The van der Waals surface area contributed by atoms with Crippen LogP contribution in [0.5, 0.6) is 0 Å². The Bertz CT molecular complexity index is 1030. The highest BCUT2D eigenvalue weighted by molar-refractivity contribution is 7.94. The molecule has 142 valence electrons. The molecule has 0 aliphatic carbocycles. The summed E-state index contributed by atoms with van der Waals surface area (Å²) in [7, 11) is -3.67. The van der Waals surface area contributed by atoms with Gasteiger partial charge in [-0.25, -0.2) is 8.42 Å². The molecule has 1 amide bonds. The first-order chi connectivity index (χ1) is 12.9. The summed E-state index contributed by atoms with van der Waals surface area (Å²) in [6, 6.07) is 11.5. The van der Waals surface area contributed by atoms with Gasteiger partial charge in [-0.1, -0.05) is 31.2 Å². The van der Waals surface area contributed by atoms with E-state index in [1.54, 1.807) is 54.8 Å². The first-order valence-electron chi connectivity index (χ1n) is 8.41. The summed E-state index contributed by atoms with van der Waals surface area (Å²) in [5.41, 5.74) is 2.26. The van der Waals surface area contributed by atoms with E-state index in [0.717, 1.165) is 23.5 Å². The Morgan fingerprint density at radius 2 is 2.04 bits per heavy atom. The molecule has 2 aromatic heterocycles. The van der Waals surface area contributed by atoms with E-state index in [0.29, 0.717) is 16.9 Å². The van der Waals surface area contributed by atoms with Gasteiger partial charge in [-0.2, -0.15) is 5.10 Å². The van der Waals surface area contributed by atoms with Gasteiger partial charge in [-0.05, 0) is 42.5 Å². The van der Waals surface area contributed by atoms with Gasteiger partial charge < -0.3 is 5.32 Å². The van der Waals surface area contributed by atoms with Crippen molar-refractivity contribution in [2.24, 2.45) is 0 Å². The van der Waals surface area contributed by atoms with Crippen molar-refractivity contribution in [1.82, 2.24) is 15.5 Å². The third-order valence-corrected chi connectivity index (χ3v) is 6.79. The minimum atomic E-state index is -3.67. The van der Waals surface area contributed by atoms with Crippen LogP contribution in [-0.2, 0) is 16.4 Å². The molecule has 27 heavy (non-hydrogen) atoms. The maximum Gasteiger partial charge on any atom is 0.272 e. The highest BCUT2D eigenvalue weighted by Gasteiger charge is 2.20. The average molecular weight is 405 g/mol. The fraction of sp³-hybridized carbons (Fsp3) is 0.222. The summed E-state index contributed by atoms with van der Waals surface area (Å²) in [4.78, 5) is 12.4. The van der Waals surface area contributed by atoms with E-state index in [1.807, 2.05) is 6.92 Å². The van der Waals surface area contributed by atoms with Crippen molar-refractivity contribution >= 4 is 33.0 Å². The third kappa shape index (κ3) is 4.37.